The van der Waals surface area contributed by atoms with Gasteiger partial charge in [0.25, 0.3) is 0 Å². The molecule has 0 aromatic carbocycles. The first-order chi connectivity index (χ1) is 15.9. The summed E-state index contributed by atoms with van der Waals surface area (Å²) < 4.78 is 24.7. The van der Waals surface area contributed by atoms with Crippen LogP contribution in [0.5, 0.6) is 0 Å². The lowest BCUT2D eigenvalue weighted by Crippen LogP contribution is -2.58. The van der Waals surface area contributed by atoms with Crippen LogP contribution < -0.4 is 4.90 Å². The molecule has 4 aliphatic rings. The van der Waals surface area contributed by atoms with Gasteiger partial charge in [0.2, 0.25) is 0 Å². The lowest BCUT2D eigenvalue weighted by molar-refractivity contribution is -0.0702. The van der Waals surface area contributed by atoms with Crippen LogP contribution in [0.15, 0.2) is 12.3 Å². The van der Waals surface area contributed by atoms with E-state index in [0.717, 1.165) is 58.5 Å². The first-order valence-electron chi connectivity index (χ1n) is 12.3. The molecule has 1 unspecified atom stereocenters. The van der Waals surface area contributed by atoms with Crippen LogP contribution >= 0.6 is 0 Å². The number of nitrogens with zero attached hydrogens (tertiary/aromatic N) is 4. The summed E-state index contributed by atoms with van der Waals surface area (Å²) in [6.45, 7) is 8.21. The fourth-order valence-electron chi connectivity index (χ4n) is 6.18. The van der Waals surface area contributed by atoms with E-state index in [1.165, 1.54) is 12.3 Å². The van der Waals surface area contributed by atoms with Gasteiger partial charge < -0.3 is 24.4 Å². The predicted octanol–water partition coefficient (Wildman–Crippen LogP) is 2.35. The summed E-state index contributed by atoms with van der Waals surface area (Å²) in [7, 11) is 0. The third-order valence-electron chi connectivity index (χ3n) is 8.02. The molecule has 3 aliphatic heterocycles. The highest BCUT2D eigenvalue weighted by molar-refractivity contribution is 5.69. The number of halogens is 1. The van der Waals surface area contributed by atoms with Crippen molar-refractivity contribution in [2.75, 3.05) is 64.0 Å². The van der Waals surface area contributed by atoms with Crippen LogP contribution in [0.25, 0.3) is 0 Å². The molecule has 1 atom stereocenters. The number of amides is 1. The Morgan fingerprint density at radius 2 is 1.97 bits per heavy atom. The molecule has 1 amide bonds. The number of carbonyl (C=O) groups excluding carboxylic acids is 1. The van der Waals surface area contributed by atoms with Crippen molar-refractivity contribution in [3.8, 4) is 0 Å². The molecule has 1 aliphatic carbocycles. The van der Waals surface area contributed by atoms with Crippen molar-refractivity contribution < 1.29 is 23.8 Å². The zero-order chi connectivity index (χ0) is 23.1. The molecule has 1 aromatic rings. The number of anilines is 1. The summed E-state index contributed by atoms with van der Waals surface area (Å²) >= 11 is 0. The number of ether oxygens (including phenoxy) is 2. The van der Waals surface area contributed by atoms with Crippen LogP contribution in [-0.2, 0) is 15.1 Å². The highest BCUT2D eigenvalue weighted by atomic mass is 19.1. The molecular weight excluding hydrogens is 427 g/mol. The fraction of sp³-hybridized carbons (Fsp3) is 0.750. The number of aromatic nitrogens is 1. The molecule has 3 saturated heterocycles. The third kappa shape index (κ3) is 4.42. The van der Waals surface area contributed by atoms with Crippen LogP contribution in [0.2, 0.25) is 0 Å². The van der Waals surface area contributed by atoms with Crippen molar-refractivity contribution in [1.82, 2.24) is 14.8 Å². The van der Waals surface area contributed by atoms with Gasteiger partial charge in [0.05, 0.1) is 24.2 Å². The first kappa shape index (κ1) is 22.8. The summed E-state index contributed by atoms with van der Waals surface area (Å²) in [6.07, 6.45) is 5.40. The van der Waals surface area contributed by atoms with Crippen molar-refractivity contribution in [2.24, 2.45) is 5.41 Å². The van der Waals surface area contributed by atoms with Crippen molar-refractivity contribution in [1.29, 1.82) is 0 Å². The topological polar surface area (TPSA) is 78.4 Å². The van der Waals surface area contributed by atoms with Gasteiger partial charge in [-0.3, -0.25) is 9.88 Å². The fourth-order valence-corrected chi connectivity index (χ4v) is 6.18. The van der Waals surface area contributed by atoms with Crippen LogP contribution in [0.3, 0.4) is 0 Å². The number of likely N-dealkylation sites (tertiary alicyclic amines) is 1. The quantitative estimate of drug-likeness (QED) is 0.736. The SMILES string of the molecule is CCOC(=O)N1CC2(CCC(N3CCN(c4cc(F)cnc4C4(O)CCOCC4)CC3)C2)C1. The van der Waals surface area contributed by atoms with Gasteiger partial charge in [0, 0.05) is 82.8 Å². The minimum absolute atomic E-state index is 0.189. The zero-order valence-corrected chi connectivity index (χ0v) is 19.5. The smallest absolute Gasteiger partial charge is 0.409 e. The second-order valence-corrected chi connectivity index (χ2v) is 10.1. The van der Waals surface area contributed by atoms with E-state index in [2.05, 4.69) is 14.8 Å². The Hall–Kier alpha value is -1.97. The Morgan fingerprint density at radius 3 is 2.67 bits per heavy atom. The van der Waals surface area contributed by atoms with Gasteiger partial charge in [-0.25, -0.2) is 9.18 Å². The van der Waals surface area contributed by atoms with Gasteiger partial charge in [-0.1, -0.05) is 0 Å². The normalized spacial score (nSPS) is 26.9. The molecule has 0 bridgehead atoms. The van der Waals surface area contributed by atoms with E-state index in [4.69, 9.17) is 9.47 Å². The lowest BCUT2D eigenvalue weighted by atomic mass is 9.78. The van der Waals surface area contributed by atoms with Crippen molar-refractivity contribution in [2.45, 2.75) is 50.7 Å². The summed E-state index contributed by atoms with van der Waals surface area (Å²) in [6, 6.07) is 2.05. The molecule has 33 heavy (non-hydrogen) atoms. The molecule has 4 heterocycles. The Bertz CT molecular complexity index is 864. The minimum atomic E-state index is -1.06. The van der Waals surface area contributed by atoms with E-state index in [0.29, 0.717) is 50.1 Å². The number of hydrogen-bond donors (Lipinski definition) is 1. The van der Waals surface area contributed by atoms with Gasteiger partial charge in [0.15, 0.2) is 0 Å². The maximum Gasteiger partial charge on any atom is 0.409 e. The maximum atomic E-state index is 14.1. The number of aliphatic hydroxyl groups is 1. The molecular formula is C24H35FN4O4. The number of hydrogen-bond acceptors (Lipinski definition) is 7. The van der Waals surface area contributed by atoms with Crippen molar-refractivity contribution in [3.05, 3.63) is 23.8 Å². The van der Waals surface area contributed by atoms with E-state index in [-0.39, 0.29) is 17.3 Å². The second-order valence-electron chi connectivity index (χ2n) is 10.1. The van der Waals surface area contributed by atoms with Crippen LogP contribution in [0, 0.1) is 11.2 Å². The first-order valence-corrected chi connectivity index (χ1v) is 12.3. The maximum absolute atomic E-state index is 14.1. The van der Waals surface area contributed by atoms with E-state index in [1.807, 2.05) is 11.8 Å². The highest BCUT2D eigenvalue weighted by Gasteiger charge is 2.51. The molecule has 0 radical (unpaired) electrons. The summed E-state index contributed by atoms with van der Waals surface area (Å²) in [4.78, 5) is 22.8. The molecule has 1 saturated carbocycles. The Morgan fingerprint density at radius 1 is 1.24 bits per heavy atom. The summed E-state index contributed by atoms with van der Waals surface area (Å²) in [5.74, 6) is -0.374. The largest absolute Gasteiger partial charge is 0.450 e. The molecule has 1 N–H and O–H groups in total. The zero-order valence-electron chi connectivity index (χ0n) is 19.5. The molecule has 5 rings (SSSR count). The molecule has 8 nitrogen and oxygen atoms in total. The van der Waals surface area contributed by atoms with E-state index < -0.39 is 5.60 Å². The van der Waals surface area contributed by atoms with Crippen LogP contribution in [0.1, 0.15) is 44.7 Å². The summed E-state index contributed by atoms with van der Waals surface area (Å²) in [5, 5.41) is 11.2. The van der Waals surface area contributed by atoms with Crippen LogP contribution in [0.4, 0.5) is 14.9 Å². The van der Waals surface area contributed by atoms with Gasteiger partial charge in [-0.05, 0) is 26.2 Å². The van der Waals surface area contributed by atoms with E-state index >= 15 is 0 Å². The number of pyridine rings is 1. The molecule has 9 heteroatoms. The molecule has 4 fully saturated rings. The number of piperazine rings is 1. The van der Waals surface area contributed by atoms with Gasteiger partial charge >= 0.3 is 6.09 Å². The summed E-state index contributed by atoms with van der Waals surface area (Å²) in [5.41, 5.74) is 0.478. The standard InChI is InChI=1S/C24H35FN4O4/c1-2-33-22(30)29-16-23(17-29)4-3-19(14-23)27-7-9-28(10-8-27)20-13-18(25)15-26-21(20)24(31)5-11-32-12-6-24/h13,15,19,31H,2-12,14,16-17H2,1H3. The predicted molar refractivity (Wildman–Crippen MR) is 121 cm³/mol. The molecule has 182 valence electrons. The minimum Gasteiger partial charge on any atom is -0.450 e. The van der Waals surface area contributed by atoms with Gasteiger partial charge in [-0.15, -0.1) is 0 Å². The van der Waals surface area contributed by atoms with E-state index in [1.54, 1.807) is 0 Å². The Balaban J connectivity index is 1.20. The average molecular weight is 463 g/mol. The van der Waals surface area contributed by atoms with Crippen LogP contribution in [-0.4, -0.2) is 91.1 Å². The Kier molecular flexibility index (Phi) is 6.22. The Labute approximate surface area is 194 Å². The average Bonchev–Trinajstić information content (AvgIpc) is 3.25. The second kappa shape index (κ2) is 9.00. The van der Waals surface area contributed by atoms with Crippen molar-refractivity contribution >= 4 is 11.8 Å². The van der Waals surface area contributed by atoms with Gasteiger partial charge in [0.1, 0.15) is 11.4 Å². The molecule has 1 aromatic heterocycles. The number of carbonyl (C=O) groups is 1. The third-order valence-corrected chi connectivity index (χ3v) is 8.02. The van der Waals surface area contributed by atoms with Crippen molar-refractivity contribution in [3.63, 3.8) is 0 Å². The number of rotatable bonds is 4. The monoisotopic (exact) mass is 462 g/mol. The lowest BCUT2D eigenvalue weighted by Gasteiger charge is -2.48. The highest BCUT2D eigenvalue weighted by Crippen LogP contribution is 2.47. The molecule has 1 spiro atoms. The van der Waals surface area contributed by atoms with Gasteiger partial charge in [-0.2, -0.15) is 0 Å². The van der Waals surface area contributed by atoms with E-state index in [9.17, 15) is 14.3 Å².